The molecule has 0 radical (unpaired) electrons. The fourth-order valence-electron chi connectivity index (χ4n) is 2.51. The molecule has 0 aliphatic carbocycles. The predicted octanol–water partition coefficient (Wildman–Crippen LogP) is 3.35. The summed E-state index contributed by atoms with van der Waals surface area (Å²) in [5.74, 6) is 3.47. The number of ether oxygens (including phenoxy) is 5. The molecule has 3 rings (SSSR count). The molecule has 0 saturated heterocycles. The number of nitrogens with zero attached hydrogens (tertiary/aromatic N) is 2. The summed E-state index contributed by atoms with van der Waals surface area (Å²) >= 11 is 0. The van der Waals surface area contributed by atoms with E-state index < -0.39 is 0 Å². The zero-order valence-corrected chi connectivity index (χ0v) is 15.5. The summed E-state index contributed by atoms with van der Waals surface area (Å²) in [5.41, 5.74) is 0.713. The molecule has 0 N–H and O–H groups in total. The van der Waals surface area contributed by atoms with E-state index in [0.717, 1.165) is 0 Å². The third kappa shape index (κ3) is 3.89. The van der Waals surface area contributed by atoms with Crippen LogP contribution in [0.3, 0.4) is 0 Å². The molecule has 0 aliphatic rings. The monoisotopic (exact) mass is 372 g/mol. The highest BCUT2D eigenvalue weighted by Crippen LogP contribution is 2.37. The third-order valence-corrected chi connectivity index (χ3v) is 3.82. The number of hydrogen-bond donors (Lipinski definition) is 0. The lowest BCUT2D eigenvalue weighted by molar-refractivity contribution is 0.246. The molecule has 0 aliphatic heterocycles. The van der Waals surface area contributed by atoms with Crippen LogP contribution >= 0.6 is 0 Å². The van der Waals surface area contributed by atoms with E-state index in [2.05, 4.69) is 10.2 Å². The maximum Gasteiger partial charge on any atom is 0.254 e. The van der Waals surface area contributed by atoms with Gasteiger partial charge in [0, 0.05) is 5.56 Å². The van der Waals surface area contributed by atoms with Crippen molar-refractivity contribution in [2.24, 2.45) is 0 Å². The molecule has 2 aromatic carbocycles. The standard InChI is InChI=1S/C19H20N2O6/c1-22-13-9-8-12(10-16(13)24-3)19-21-20-17(27-19)11-26-15-7-5-6-14(23-2)18(15)25-4/h5-10H,11H2,1-4H3. The van der Waals surface area contributed by atoms with E-state index in [-0.39, 0.29) is 6.61 Å². The van der Waals surface area contributed by atoms with Crippen LogP contribution in [0.25, 0.3) is 11.5 Å². The Morgan fingerprint density at radius 1 is 0.778 bits per heavy atom. The second kappa shape index (κ2) is 8.31. The molecule has 142 valence electrons. The first kappa shape index (κ1) is 18.4. The van der Waals surface area contributed by atoms with Crippen LogP contribution in [0, 0.1) is 0 Å². The van der Waals surface area contributed by atoms with Gasteiger partial charge in [-0.3, -0.25) is 0 Å². The maximum absolute atomic E-state index is 5.74. The summed E-state index contributed by atoms with van der Waals surface area (Å²) in [5, 5.41) is 8.07. The predicted molar refractivity (Wildman–Crippen MR) is 96.7 cm³/mol. The lowest BCUT2D eigenvalue weighted by Crippen LogP contribution is -1.99. The van der Waals surface area contributed by atoms with E-state index in [1.807, 2.05) is 6.07 Å². The minimum absolute atomic E-state index is 0.0871. The Balaban J connectivity index is 1.76. The van der Waals surface area contributed by atoms with Gasteiger partial charge < -0.3 is 28.1 Å². The fourth-order valence-corrected chi connectivity index (χ4v) is 2.51. The minimum Gasteiger partial charge on any atom is -0.493 e. The van der Waals surface area contributed by atoms with E-state index in [1.165, 1.54) is 0 Å². The van der Waals surface area contributed by atoms with Crippen molar-refractivity contribution in [2.75, 3.05) is 28.4 Å². The molecule has 0 atom stereocenters. The molecule has 27 heavy (non-hydrogen) atoms. The van der Waals surface area contributed by atoms with Crippen molar-refractivity contribution in [1.29, 1.82) is 0 Å². The molecule has 1 heterocycles. The lowest BCUT2D eigenvalue weighted by atomic mass is 10.2. The van der Waals surface area contributed by atoms with E-state index in [9.17, 15) is 0 Å². The molecule has 3 aromatic rings. The average Bonchev–Trinajstić information content (AvgIpc) is 3.20. The average molecular weight is 372 g/mol. The number of methoxy groups -OCH3 is 4. The highest BCUT2D eigenvalue weighted by atomic mass is 16.5. The van der Waals surface area contributed by atoms with Crippen molar-refractivity contribution in [3.05, 3.63) is 42.3 Å². The van der Waals surface area contributed by atoms with Crippen LogP contribution in [-0.2, 0) is 6.61 Å². The molecule has 8 nitrogen and oxygen atoms in total. The van der Waals surface area contributed by atoms with Crippen LogP contribution in [-0.4, -0.2) is 38.6 Å². The van der Waals surface area contributed by atoms with E-state index in [0.29, 0.717) is 46.1 Å². The Hall–Kier alpha value is -3.42. The van der Waals surface area contributed by atoms with Crippen molar-refractivity contribution in [3.8, 4) is 40.2 Å². The first-order valence-corrected chi connectivity index (χ1v) is 8.08. The number of hydrogen-bond acceptors (Lipinski definition) is 8. The van der Waals surface area contributed by atoms with Crippen LogP contribution < -0.4 is 23.7 Å². The van der Waals surface area contributed by atoms with Crippen molar-refractivity contribution in [1.82, 2.24) is 10.2 Å². The quantitative estimate of drug-likeness (QED) is 0.595. The second-order valence-corrected chi connectivity index (χ2v) is 5.35. The van der Waals surface area contributed by atoms with Crippen molar-refractivity contribution in [2.45, 2.75) is 6.61 Å². The number of benzene rings is 2. The van der Waals surface area contributed by atoms with Crippen molar-refractivity contribution in [3.63, 3.8) is 0 Å². The van der Waals surface area contributed by atoms with Gasteiger partial charge in [-0.15, -0.1) is 10.2 Å². The molecule has 8 heteroatoms. The van der Waals surface area contributed by atoms with Crippen LogP contribution in [0.15, 0.2) is 40.8 Å². The van der Waals surface area contributed by atoms with Crippen LogP contribution in [0.1, 0.15) is 5.89 Å². The number of aromatic nitrogens is 2. The van der Waals surface area contributed by atoms with Gasteiger partial charge in [0.2, 0.25) is 11.6 Å². The summed E-state index contributed by atoms with van der Waals surface area (Å²) < 4.78 is 32.5. The van der Waals surface area contributed by atoms with Gasteiger partial charge in [0.15, 0.2) is 29.6 Å². The summed E-state index contributed by atoms with van der Waals surface area (Å²) in [6.07, 6.45) is 0. The molecule has 0 fully saturated rings. The Morgan fingerprint density at radius 3 is 2.22 bits per heavy atom. The normalized spacial score (nSPS) is 10.4. The van der Waals surface area contributed by atoms with Crippen molar-refractivity contribution >= 4 is 0 Å². The molecular formula is C19H20N2O6. The number of rotatable bonds is 8. The van der Waals surface area contributed by atoms with Gasteiger partial charge in [0.1, 0.15) is 0 Å². The van der Waals surface area contributed by atoms with Gasteiger partial charge in [0.05, 0.1) is 28.4 Å². The SMILES string of the molecule is COc1ccc(-c2nnc(COc3cccc(OC)c3OC)o2)cc1OC. The van der Waals surface area contributed by atoms with Crippen LogP contribution in [0.2, 0.25) is 0 Å². The van der Waals surface area contributed by atoms with Crippen LogP contribution in [0.4, 0.5) is 0 Å². The molecule has 0 saturated carbocycles. The smallest absolute Gasteiger partial charge is 0.254 e. The summed E-state index contributed by atoms with van der Waals surface area (Å²) in [4.78, 5) is 0. The third-order valence-electron chi connectivity index (χ3n) is 3.82. The topological polar surface area (TPSA) is 85.1 Å². The Bertz CT molecular complexity index is 909. The minimum atomic E-state index is 0.0871. The van der Waals surface area contributed by atoms with Gasteiger partial charge in [-0.2, -0.15) is 0 Å². The molecule has 0 unspecified atom stereocenters. The van der Waals surface area contributed by atoms with Gasteiger partial charge >= 0.3 is 0 Å². The maximum atomic E-state index is 5.74. The lowest BCUT2D eigenvalue weighted by Gasteiger charge is -2.12. The Kier molecular flexibility index (Phi) is 5.65. The molecule has 0 bridgehead atoms. The zero-order valence-electron chi connectivity index (χ0n) is 15.5. The highest BCUT2D eigenvalue weighted by molar-refractivity contribution is 5.59. The van der Waals surface area contributed by atoms with Gasteiger partial charge in [-0.1, -0.05) is 6.07 Å². The summed E-state index contributed by atoms with van der Waals surface area (Å²) in [7, 11) is 6.25. The first-order valence-electron chi connectivity index (χ1n) is 8.08. The Morgan fingerprint density at radius 2 is 1.52 bits per heavy atom. The summed E-state index contributed by atoms with van der Waals surface area (Å²) in [6, 6.07) is 10.7. The molecule has 1 aromatic heterocycles. The summed E-state index contributed by atoms with van der Waals surface area (Å²) in [6.45, 7) is 0.0871. The number of para-hydroxylation sites is 1. The van der Waals surface area contributed by atoms with Crippen molar-refractivity contribution < 1.29 is 28.1 Å². The zero-order chi connectivity index (χ0) is 19.2. The van der Waals surface area contributed by atoms with Gasteiger partial charge in [-0.05, 0) is 30.3 Å². The Labute approximate surface area is 156 Å². The largest absolute Gasteiger partial charge is 0.493 e. The molecule has 0 spiro atoms. The second-order valence-electron chi connectivity index (χ2n) is 5.35. The van der Waals surface area contributed by atoms with Gasteiger partial charge in [-0.25, -0.2) is 0 Å². The van der Waals surface area contributed by atoms with Gasteiger partial charge in [0.25, 0.3) is 5.89 Å². The highest BCUT2D eigenvalue weighted by Gasteiger charge is 2.15. The van der Waals surface area contributed by atoms with Crippen LogP contribution in [0.5, 0.6) is 28.7 Å². The van der Waals surface area contributed by atoms with E-state index in [1.54, 1.807) is 58.8 Å². The molecule has 0 amide bonds. The van der Waals surface area contributed by atoms with E-state index in [4.69, 9.17) is 28.1 Å². The first-order chi connectivity index (χ1) is 13.2. The fraction of sp³-hybridized carbons (Fsp3) is 0.263. The molecular weight excluding hydrogens is 352 g/mol. The van der Waals surface area contributed by atoms with E-state index >= 15 is 0 Å².